The molecule has 1 aliphatic carbocycles. The lowest BCUT2D eigenvalue weighted by molar-refractivity contribution is 0.274. The van der Waals surface area contributed by atoms with E-state index in [1.807, 2.05) is 6.07 Å². The van der Waals surface area contributed by atoms with Crippen molar-refractivity contribution in [1.82, 2.24) is 9.97 Å². The number of ether oxygens (including phenoxy) is 1. The zero-order valence-electron chi connectivity index (χ0n) is 10.7. The van der Waals surface area contributed by atoms with E-state index in [9.17, 15) is 0 Å². The molecule has 1 heterocycles. The molecule has 0 atom stereocenters. The highest BCUT2D eigenvalue weighted by molar-refractivity contribution is 5.38. The van der Waals surface area contributed by atoms with Gasteiger partial charge in [-0.1, -0.05) is 6.07 Å². The second kappa shape index (κ2) is 5.36. The van der Waals surface area contributed by atoms with Crippen molar-refractivity contribution in [1.29, 1.82) is 0 Å². The number of hydrogen-bond donors (Lipinski definition) is 1. The SMILES string of the molecule is OCc1cncc(Oc2ccc3c(c2)CCCC3)n1. The van der Waals surface area contributed by atoms with E-state index in [4.69, 9.17) is 9.84 Å². The van der Waals surface area contributed by atoms with Gasteiger partial charge in [-0.25, -0.2) is 4.98 Å². The maximum absolute atomic E-state index is 9.03. The Morgan fingerprint density at radius 2 is 1.95 bits per heavy atom. The summed E-state index contributed by atoms with van der Waals surface area (Å²) in [5.41, 5.74) is 3.30. The van der Waals surface area contributed by atoms with E-state index in [2.05, 4.69) is 22.1 Å². The molecule has 0 saturated heterocycles. The number of hydrogen-bond acceptors (Lipinski definition) is 4. The molecule has 0 fully saturated rings. The van der Waals surface area contributed by atoms with Gasteiger partial charge in [-0.3, -0.25) is 4.98 Å². The first-order valence-corrected chi connectivity index (χ1v) is 6.56. The third-order valence-corrected chi connectivity index (χ3v) is 3.37. The average Bonchev–Trinajstić information content (AvgIpc) is 2.47. The summed E-state index contributed by atoms with van der Waals surface area (Å²) in [6.07, 6.45) is 7.89. The first kappa shape index (κ1) is 12.1. The van der Waals surface area contributed by atoms with Gasteiger partial charge in [0, 0.05) is 0 Å². The Hall–Kier alpha value is -1.94. The molecule has 1 aromatic carbocycles. The Bertz CT molecular complexity index is 584. The van der Waals surface area contributed by atoms with Crippen molar-refractivity contribution in [3.05, 3.63) is 47.4 Å². The summed E-state index contributed by atoms with van der Waals surface area (Å²) in [5.74, 6) is 1.20. The highest BCUT2D eigenvalue weighted by Gasteiger charge is 2.10. The molecule has 1 aromatic heterocycles. The van der Waals surface area contributed by atoms with Crippen molar-refractivity contribution in [2.45, 2.75) is 32.3 Å². The summed E-state index contributed by atoms with van der Waals surface area (Å²) in [6.45, 7) is -0.131. The Balaban J connectivity index is 1.82. The predicted molar refractivity (Wildman–Crippen MR) is 71.1 cm³/mol. The average molecular weight is 256 g/mol. The highest BCUT2D eigenvalue weighted by atomic mass is 16.5. The normalized spacial score (nSPS) is 13.9. The van der Waals surface area contributed by atoms with Crippen LogP contribution in [0.3, 0.4) is 0 Å². The first-order chi connectivity index (χ1) is 9.35. The van der Waals surface area contributed by atoms with Crippen LogP contribution in [-0.4, -0.2) is 15.1 Å². The number of aliphatic hydroxyl groups is 1. The molecule has 0 bridgehead atoms. The molecule has 0 saturated carbocycles. The van der Waals surface area contributed by atoms with Crippen molar-refractivity contribution >= 4 is 0 Å². The molecule has 19 heavy (non-hydrogen) atoms. The number of fused-ring (bicyclic) bond motifs is 1. The molecule has 98 valence electrons. The highest BCUT2D eigenvalue weighted by Crippen LogP contribution is 2.27. The third kappa shape index (κ3) is 2.74. The summed E-state index contributed by atoms with van der Waals surface area (Å²) in [6, 6.07) is 6.19. The van der Waals surface area contributed by atoms with Crippen molar-refractivity contribution in [3.8, 4) is 11.6 Å². The van der Waals surface area contributed by atoms with Crippen LogP contribution >= 0.6 is 0 Å². The molecular weight excluding hydrogens is 240 g/mol. The molecule has 2 aromatic rings. The smallest absolute Gasteiger partial charge is 0.238 e. The van der Waals surface area contributed by atoms with Crippen LogP contribution in [0.1, 0.15) is 29.7 Å². The lowest BCUT2D eigenvalue weighted by Crippen LogP contribution is -2.02. The third-order valence-electron chi connectivity index (χ3n) is 3.37. The minimum absolute atomic E-state index is 0.131. The van der Waals surface area contributed by atoms with Gasteiger partial charge in [0.2, 0.25) is 5.88 Å². The Morgan fingerprint density at radius 3 is 2.79 bits per heavy atom. The number of rotatable bonds is 3. The quantitative estimate of drug-likeness (QED) is 0.917. The fraction of sp³-hybridized carbons (Fsp3) is 0.333. The Kier molecular flexibility index (Phi) is 3.42. The summed E-state index contributed by atoms with van der Waals surface area (Å²) >= 11 is 0. The minimum atomic E-state index is -0.131. The van der Waals surface area contributed by atoms with Crippen LogP contribution in [0.2, 0.25) is 0 Å². The van der Waals surface area contributed by atoms with Gasteiger partial charge in [-0.05, 0) is 48.9 Å². The summed E-state index contributed by atoms with van der Waals surface area (Å²) in [5, 5.41) is 9.03. The molecule has 1 N–H and O–H groups in total. The molecule has 1 aliphatic rings. The van der Waals surface area contributed by atoms with Crippen LogP contribution in [-0.2, 0) is 19.4 Å². The number of nitrogens with zero attached hydrogens (tertiary/aromatic N) is 2. The number of benzene rings is 1. The number of aryl methyl sites for hydroxylation is 2. The Morgan fingerprint density at radius 1 is 1.11 bits per heavy atom. The lowest BCUT2D eigenvalue weighted by atomic mass is 9.92. The van der Waals surface area contributed by atoms with Gasteiger partial charge >= 0.3 is 0 Å². The van der Waals surface area contributed by atoms with Gasteiger partial charge in [0.1, 0.15) is 5.75 Å². The monoisotopic (exact) mass is 256 g/mol. The predicted octanol–water partition coefficient (Wildman–Crippen LogP) is 2.64. The molecule has 0 radical (unpaired) electrons. The largest absolute Gasteiger partial charge is 0.437 e. The van der Waals surface area contributed by atoms with E-state index in [1.165, 1.54) is 30.2 Å². The molecule has 4 heteroatoms. The molecule has 4 nitrogen and oxygen atoms in total. The van der Waals surface area contributed by atoms with Crippen molar-refractivity contribution in [2.24, 2.45) is 0 Å². The van der Waals surface area contributed by atoms with Crippen LogP contribution in [0.5, 0.6) is 11.6 Å². The van der Waals surface area contributed by atoms with E-state index in [-0.39, 0.29) is 6.61 Å². The van der Waals surface area contributed by atoms with Crippen LogP contribution in [0.25, 0.3) is 0 Å². The van der Waals surface area contributed by atoms with Crippen molar-refractivity contribution in [3.63, 3.8) is 0 Å². The summed E-state index contributed by atoms with van der Waals surface area (Å²) in [4.78, 5) is 8.16. The Labute approximate surface area is 112 Å². The standard InChI is InChI=1S/C15H16N2O2/c18-10-13-8-16-9-15(17-13)19-14-6-5-11-3-1-2-4-12(11)7-14/h5-9,18H,1-4,10H2. The summed E-state index contributed by atoms with van der Waals surface area (Å²) < 4.78 is 5.70. The first-order valence-electron chi connectivity index (χ1n) is 6.56. The zero-order chi connectivity index (χ0) is 13.1. The van der Waals surface area contributed by atoms with E-state index < -0.39 is 0 Å². The molecule has 0 spiro atoms. The van der Waals surface area contributed by atoms with Gasteiger partial charge in [-0.2, -0.15) is 0 Å². The maximum atomic E-state index is 9.03. The van der Waals surface area contributed by atoms with Crippen molar-refractivity contribution < 1.29 is 9.84 Å². The number of aliphatic hydroxyl groups excluding tert-OH is 1. The van der Waals surface area contributed by atoms with E-state index in [1.54, 1.807) is 6.20 Å². The topological polar surface area (TPSA) is 55.2 Å². The van der Waals surface area contributed by atoms with Gasteiger partial charge in [0.25, 0.3) is 0 Å². The van der Waals surface area contributed by atoms with Gasteiger partial charge in [-0.15, -0.1) is 0 Å². The minimum Gasteiger partial charge on any atom is -0.437 e. The lowest BCUT2D eigenvalue weighted by Gasteiger charge is -2.16. The van der Waals surface area contributed by atoms with E-state index >= 15 is 0 Å². The van der Waals surface area contributed by atoms with Crippen LogP contribution in [0.15, 0.2) is 30.6 Å². The molecule has 3 rings (SSSR count). The molecule has 0 amide bonds. The van der Waals surface area contributed by atoms with E-state index in [0.717, 1.165) is 18.6 Å². The van der Waals surface area contributed by atoms with Crippen LogP contribution in [0.4, 0.5) is 0 Å². The van der Waals surface area contributed by atoms with E-state index in [0.29, 0.717) is 11.6 Å². The fourth-order valence-electron chi connectivity index (χ4n) is 2.41. The van der Waals surface area contributed by atoms with Gasteiger partial charge in [0.05, 0.1) is 24.7 Å². The second-order valence-electron chi connectivity index (χ2n) is 4.75. The molecule has 0 aliphatic heterocycles. The zero-order valence-corrected chi connectivity index (χ0v) is 10.7. The molecule has 0 unspecified atom stereocenters. The van der Waals surface area contributed by atoms with Crippen molar-refractivity contribution in [2.75, 3.05) is 0 Å². The van der Waals surface area contributed by atoms with Gasteiger partial charge in [0.15, 0.2) is 0 Å². The summed E-state index contributed by atoms with van der Waals surface area (Å²) in [7, 11) is 0. The van der Waals surface area contributed by atoms with Gasteiger partial charge < -0.3 is 9.84 Å². The number of aromatic nitrogens is 2. The fourth-order valence-corrected chi connectivity index (χ4v) is 2.41. The second-order valence-corrected chi connectivity index (χ2v) is 4.75. The molecular formula is C15H16N2O2. The van der Waals surface area contributed by atoms with Crippen LogP contribution < -0.4 is 4.74 Å². The maximum Gasteiger partial charge on any atom is 0.238 e. The van der Waals surface area contributed by atoms with Crippen LogP contribution in [0, 0.1) is 0 Å².